The lowest BCUT2D eigenvalue weighted by Gasteiger charge is -2.19. The summed E-state index contributed by atoms with van der Waals surface area (Å²) in [7, 11) is 2.13. The van der Waals surface area contributed by atoms with Crippen LogP contribution < -0.4 is 5.32 Å². The van der Waals surface area contributed by atoms with Gasteiger partial charge in [-0.1, -0.05) is 12.0 Å². The summed E-state index contributed by atoms with van der Waals surface area (Å²) in [5, 5.41) is 18.0. The van der Waals surface area contributed by atoms with Crippen LogP contribution >= 0.6 is 0 Å². The second-order valence-corrected chi connectivity index (χ2v) is 8.19. The average molecular weight is 430 g/mol. The van der Waals surface area contributed by atoms with Crippen molar-refractivity contribution in [3.63, 3.8) is 0 Å². The Morgan fingerprint density at radius 2 is 2.12 bits per heavy atom. The van der Waals surface area contributed by atoms with Crippen molar-refractivity contribution >= 4 is 5.91 Å². The number of hydrogen-bond donors (Lipinski definition) is 2. The summed E-state index contributed by atoms with van der Waals surface area (Å²) in [5.41, 5.74) is 3.63. The number of hydrogen-bond acceptors (Lipinski definition) is 5. The summed E-state index contributed by atoms with van der Waals surface area (Å²) in [4.78, 5) is 19.1. The van der Waals surface area contributed by atoms with Crippen molar-refractivity contribution in [2.75, 3.05) is 20.1 Å². The van der Waals surface area contributed by atoms with Crippen molar-refractivity contribution in [1.82, 2.24) is 25.0 Å². The van der Waals surface area contributed by atoms with Gasteiger partial charge >= 0.3 is 0 Å². The third kappa shape index (κ3) is 4.36. The number of terminal acetylenes is 1. The molecule has 1 atom stereocenters. The molecule has 0 spiro atoms. The molecule has 32 heavy (non-hydrogen) atoms. The summed E-state index contributed by atoms with van der Waals surface area (Å²) in [5.74, 6) is 2.86. The number of nitrogens with one attached hydrogen (secondary N) is 1. The van der Waals surface area contributed by atoms with E-state index < -0.39 is 0 Å². The Labute approximate surface area is 188 Å². The Balaban J connectivity index is 1.44. The first-order chi connectivity index (χ1) is 15.5. The smallest absolute Gasteiger partial charge is 0.252 e. The van der Waals surface area contributed by atoms with Crippen LogP contribution in [-0.2, 0) is 0 Å². The molecule has 1 aromatic carbocycles. The van der Waals surface area contributed by atoms with Crippen LogP contribution in [0.1, 0.15) is 40.7 Å². The van der Waals surface area contributed by atoms with E-state index >= 15 is 0 Å². The van der Waals surface area contributed by atoms with Crippen molar-refractivity contribution in [1.29, 1.82) is 0 Å². The second kappa shape index (κ2) is 9.25. The minimum absolute atomic E-state index is 0.0213. The molecule has 7 heteroatoms. The van der Waals surface area contributed by atoms with Gasteiger partial charge in [0.15, 0.2) is 5.82 Å². The molecule has 2 aromatic heterocycles. The number of aryl methyl sites for hydroxylation is 1. The van der Waals surface area contributed by atoms with Gasteiger partial charge < -0.3 is 15.3 Å². The topological polar surface area (TPSA) is 83.3 Å². The van der Waals surface area contributed by atoms with E-state index in [1.165, 1.54) is 23.7 Å². The summed E-state index contributed by atoms with van der Waals surface area (Å²) < 4.78 is 1.35. The molecule has 1 unspecified atom stereocenters. The van der Waals surface area contributed by atoms with Gasteiger partial charge in [-0.2, -0.15) is 9.78 Å². The Hall–Kier alpha value is -3.63. The van der Waals surface area contributed by atoms with Crippen molar-refractivity contribution in [2.45, 2.75) is 32.2 Å². The summed E-state index contributed by atoms with van der Waals surface area (Å²) in [6.45, 7) is 3.70. The normalized spacial score (nSPS) is 16.1. The maximum Gasteiger partial charge on any atom is 0.252 e. The van der Waals surface area contributed by atoms with Crippen LogP contribution in [0.3, 0.4) is 0 Å². The lowest BCUT2D eigenvalue weighted by molar-refractivity contribution is 0.0950. The largest absolute Gasteiger partial charge is 0.493 e. The number of carbonyl (C=O) groups is 1. The van der Waals surface area contributed by atoms with E-state index in [4.69, 9.17) is 6.42 Å². The zero-order valence-electron chi connectivity index (χ0n) is 18.4. The number of nitrogens with zero attached hydrogens (tertiary/aromatic N) is 4. The quantitative estimate of drug-likeness (QED) is 0.588. The first-order valence-corrected chi connectivity index (χ1v) is 10.8. The molecule has 0 saturated carbocycles. The highest BCUT2D eigenvalue weighted by molar-refractivity contribution is 5.93. The Bertz CT molecular complexity index is 1160. The van der Waals surface area contributed by atoms with Gasteiger partial charge in [-0.3, -0.25) is 4.79 Å². The predicted molar refractivity (Wildman–Crippen MR) is 124 cm³/mol. The lowest BCUT2D eigenvalue weighted by atomic mass is 10.0. The maximum atomic E-state index is 12.4. The van der Waals surface area contributed by atoms with Gasteiger partial charge in [0.2, 0.25) is 5.88 Å². The summed E-state index contributed by atoms with van der Waals surface area (Å²) >= 11 is 0. The molecule has 3 aromatic rings. The molecule has 1 saturated heterocycles. The lowest BCUT2D eigenvalue weighted by Crippen LogP contribution is -2.31. The van der Waals surface area contributed by atoms with Gasteiger partial charge in [0.25, 0.3) is 5.91 Å². The van der Waals surface area contributed by atoms with Crippen molar-refractivity contribution in [3.05, 3.63) is 59.4 Å². The van der Waals surface area contributed by atoms with Crippen LogP contribution in [0.5, 0.6) is 5.88 Å². The highest BCUT2D eigenvalue weighted by atomic mass is 16.3. The third-order valence-corrected chi connectivity index (χ3v) is 6.09. The van der Waals surface area contributed by atoms with Crippen LogP contribution in [0.15, 0.2) is 42.7 Å². The molecule has 4 rings (SSSR count). The number of rotatable bonds is 6. The summed E-state index contributed by atoms with van der Waals surface area (Å²) in [6, 6.07) is 9.49. The van der Waals surface area contributed by atoms with Gasteiger partial charge in [-0.05, 0) is 75.2 Å². The van der Waals surface area contributed by atoms with E-state index in [1.807, 2.05) is 25.1 Å². The molecule has 1 aliphatic rings. The fourth-order valence-corrected chi connectivity index (χ4v) is 4.20. The van der Waals surface area contributed by atoms with Crippen molar-refractivity contribution < 1.29 is 9.90 Å². The third-order valence-electron chi connectivity index (χ3n) is 6.09. The number of benzene rings is 1. The molecule has 2 N–H and O–H groups in total. The SMILES string of the molecule is C#Cc1ccc(-c2cnn(-c3ccc(C(=O)NCCC4CCCN4C)cn3)c2O)c(C)c1. The van der Waals surface area contributed by atoms with Gasteiger partial charge in [-0.25, -0.2) is 4.98 Å². The first kappa shape index (κ1) is 21.6. The zero-order valence-corrected chi connectivity index (χ0v) is 18.4. The van der Waals surface area contributed by atoms with Gasteiger partial charge in [0.1, 0.15) is 0 Å². The standard InChI is InChI=1S/C25H27N5O2/c1-4-18-7-9-21(17(2)14-18)22-16-28-30(25(22)32)23-10-8-19(15-27-23)24(31)26-12-11-20-6-5-13-29(20)3/h1,7-10,14-16,20,32H,5-6,11-13H2,2-3H3,(H,26,31). The number of likely N-dealkylation sites (tertiary alicyclic amines) is 1. The molecule has 7 nitrogen and oxygen atoms in total. The molecule has 0 radical (unpaired) electrons. The van der Waals surface area contributed by atoms with Crippen LogP contribution in [-0.4, -0.2) is 56.9 Å². The molecule has 3 heterocycles. The van der Waals surface area contributed by atoms with E-state index in [-0.39, 0.29) is 11.8 Å². The Kier molecular flexibility index (Phi) is 6.24. The fourth-order valence-electron chi connectivity index (χ4n) is 4.20. The van der Waals surface area contributed by atoms with Crippen LogP contribution in [0.4, 0.5) is 0 Å². The number of carbonyl (C=O) groups excluding carboxylic acids is 1. The van der Waals surface area contributed by atoms with E-state index in [2.05, 4.69) is 33.3 Å². The molecule has 0 bridgehead atoms. The maximum absolute atomic E-state index is 12.4. The number of amides is 1. The second-order valence-electron chi connectivity index (χ2n) is 8.19. The van der Waals surface area contributed by atoms with Gasteiger partial charge in [0.05, 0.1) is 17.3 Å². The predicted octanol–water partition coefficient (Wildman–Crippen LogP) is 3.14. The van der Waals surface area contributed by atoms with E-state index in [0.717, 1.165) is 29.7 Å². The van der Waals surface area contributed by atoms with Crippen molar-refractivity contribution in [3.8, 4) is 35.2 Å². The highest BCUT2D eigenvalue weighted by Crippen LogP contribution is 2.33. The molecule has 164 valence electrons. The van der Waals surface area contributed by atoms with Gasteiger partial charge in [0, 0.05) is 24.3 Å². The minimum atomic E-state index is -0.153. The monoisotopic (exact) mass is 429 g/mol. The highest BCUT2D eigenvalue weighted by Gasteiger charge is 2.20. The molecule has 1 aliphatic heterocycles. The molecular weight excluding hydrogens is 402 g/mol. The van der Waals surface area contributed by atoms with E-state index in [9.17, 15) is 9.90 Å². The molecule has 0 aliphatic carbocycles. The molecule has 1 amide bonds. The molecule has 1 fully saturated rings. The Morgan fingerprint density at radius 3 is 2.78 bits per heavy atom. The molecular formula is C25H27N5O2. The fraction of sp³-hybridized carbons (Fsp3) is 0.320. The number of aromatic hydroxyl groups is 1. The van der Waals surface area contributed by atoms with Crippen LogP contribution in [0, 0.1) is 19.3 Å². The van der Waals surface area contributed by atoms with E-state index in [1.54, 1.807) is 18.3 Å². The number of pyridine rings is 1. The Morgan fingerprint density at radius 1 is 1.28 bits per heavy atom. The van der Waals surface area contributed by atoms with Crippen LogP contribution in [0.25, 0.3) is 16.9 Å². The average Bonchev–Trinajstić information content (AvgIpc) is 3.39. The van der Waals surface area contributed by atoms with Gasteiger partial charge in [-0.15, -0.1) is 6.42 Å². The van der Waals surface area contributed by atoms with Crippen LogP contribution in [0.2, 0.25) is 0 Å². The van der Waals surface area contributed by atoms with E-state index in [0.29, 0.717) is 29.5 Å². The van der Waals surface area contributed by atoms with Crippen molar-refractivity contribution in [2.24, 2.45) is 0 Å². The first-order valence-electron chi connectivity index (χ1n) is 10.8. The summed E-state index contributed by atoms with van der Waals surface area (Å²) in [6.07, 6.45) is 11.9. The number of aromatic nitrogens is 3. The minimum Gasteiger partial charge on any atom is -0.493 e. The zero-order chi connectivity index (χ0) is 22.7.